The van der Waals surface area contributed by atoms with Gasteiger partial charge in [-0.25, -0.2) is 8.42 Å². The van der Waals surface area contributed by atoms with Gasteiger partial charge in [-0.1, -0.05) is 30.5 Å². The van der Waals surface area contributed by atoms with E-state index in [9.17, 15) is 13.2 Å². The number of carbonyl (C=O) groups excluding carboxylic acids is 1. The summed E-state index contributed by atoms with van der Waals surface area (Å²) >= 11 is 0. The van der Waals surface area contributed by atoms with Crippen LogP contribution in [0.1, 0.15) is 38.2 Å². The Morgan fingerprint density at radius 1 is 1.07 bits per heavy atom. The number of amides is 1. The second kappa shape index (κ2) is 9.31. The van der Waals surface area contributed by atoms with Crippen molar-refractivity contribution in [2.45, 2.75) is 50.5 Å². The van der Waals surface area contributed by atoms with Gasteiger partial charge in [-0.15, -0.1) is 0 Å². The molecule has 0 bridgehead atoms. The summed E-state index contributed by atoms with van der Waals surface area (Å²) in [5.41, 5.74) is 1.39. The minimum absolute atomic E-state index is 0.131. The zero-order chi connectivity index (χ0) is 20.9. The molecule has 6 nitrogen and oxygen atoms in total. The summed E-state index contributed by atoms with van der Waals surface area (Å²) < 4.78 is 33.3. The van der Waals surface area contributed by atoms with Crippen molar-refractivity contribution >= 4 is 21.6 Å². The first-order valence-electron chi connectivity index (χ1n) is 10.0. The van der Waals surface area contributed by atoms with Gasteiger partial charge in [0.2, 0.25) is 5.91 Å². The fourth-order valence-electron chi connectivity index (χ4n) is 3.50. The van der Waals surface area contributed by atoms with Crippen LogP contribution in [0.5, 0.6) is 5.75 Å². The van der Waals surface area contributed by atoms with Gasteiger partial charge in [-0.2, -0.15) is 0 Å². The van der Waals surface area contributed by atoms with Crippen molar-refractivity contribution in [1.82, 2.24) is 5.32 Å². The molecule has 1 saturated carbocycles. The molecule has 156 valence electrons. The van der Waals surface area contributed by atoms with E-state index in [0.29, 0.717) is 18.0 Å². The molecule has 7 heteroatoms. The zero-order valence-corrected chi connectivity index (χ0v) is 17.7. The van der Waals surface area contributed by atoms with E-state index in [-0.39, 0.29) is 23.4 Å². The molecule has 0 saturated heterocycles. The first-order valence-corrected chi connectivity index (χ1v) is 11.5. The lowest BCUT2D eigenvalue weighted by Gasteiger charge is -2.25. The second-order valence-corrected chi connectivity index (χ2v) is 9.16. The number of hydrogen-bond donors (Lipinski definition) is 1. The van der Waals surface area contributed by atoms with Crippen molar-refractivity contribution in [3.8, 4) is 5.75 Å². The van der Waals surface area contributed by atoms with Crippen LogP contribution in [-0.4, -0.2) is 33.5 Å². The number of aryl methyl sites for hydroxylation is 1. The summed E-state index contributed by atoms with van der Waals surface area (Å²) in [5.74, 6) is 0.362. The number of anilines is 1. The van der Waals surface area contributed by atoms with E-state index in [1.807, 2.05) is 13.8 Å². The van der Waals surface area contributed by atoms with E-state index >= 15 is 0 Å². The number of ether oxygens (including phenoxy) is 1. The Labute approximate surface area is 172 Å². The van der Waals surface area contributed by atoms with Crippen molar-refractivity contribution in [3.05, 3.63) is 54.1 Å². The lowest BCUT2D eigenvalue weighted by atomic mass is 10.2. The molecule has 1 aliphatic rings. The van der Waals surface area contributed by atoms with Gasteiger partial charge in [0.05, 0.1) is 17.2 Å². The molecule has 0 aromatic heterocycles. The second-order valence-electron chi connectivity index (χ2n) is 7.30. The van der Waals surface area contributed by atoms with Crippen molar-refractivity contribution in [2.75, 3.05) is 17.5 Å². The summed E-state index contributed by atoms with van der Waals surface area (Å²) in [7, 11) is -3.89. The molecule has 2 aromatic rings. The lowest BCUT2D eigenvalue weighted by molar-refractivity contribution is -0.120. The van der Waals surface area contributed by atoms with Crippen LogP contribution in [-0.2, 0) is 14.8 Å². The predicted molar refractivity (Wildman–Crippen MR) is 114 cm³/mol. The molecule has 0 aliphatic heterocycles. The number of benzene rings is 2. The van der Waals surface area contributed by atoms with E-state index in [0.717, 1.165) is 35.6 Å². The number of rotatable bonds is 8. The number of sulfonamides is 1. The Bertz CT molecular complexity index is 918. The van der Waals surface area contributed by atoms with Gasteiger partial charge >= 0.3 is 0 Å². The topological polar surface area (TPSA) is 75.7 Å². The average Bonchev–Trinajstić information content (AvgIpc) is 3.20. The maximum Gasteiger partial charge on any atom is 0.264 e. The third-order valence-corrected chi connectivity index (χ3v) is 6.84. The van der Waals surface area contributed by atoms with Gasteiger partial charge in [-0.3, -0.25) is 9.10 Å². The third-order valence-electron chi connectivity index (χ3n) is 5.05. The summed E-state index contributed by atoms with van der Waals surface area (Å²) in [5, 5.41) is 2.97. The van der Waals surface area contributed by atoms with Gasteiger partial charge in [-0.05, 0) is 63.1 Å². The molecule has 1 N–H and O–H groups in total. The maximum absolute atomic E-state index is 13.3. The quantitative estimate of drug-likeness (QED) is 0.713. The SMILES string of the molecule is CCOc1ccc(N(CC(=O)NC2CCCC2)S(=O)(=O)c2ccc(C)cc2)cc1. The largest absolute Gasteiger partial charge is 0.494 e. The summed E-state index contributed by atoms with van der Waals surface area (Å²) in [6.07, 6.45) is 4.07. The molecule has 0 atom stereocenters. The van der Waals surface area contributed by atoms with E-state index in [1.54, 1.807) is 48.5 Å². The Morgan fingerprint density at radius 3 is 2.28 bits per heavy atom. The van der Waals surface area contributed by atoms with Gasteiger partial charge in [0.15, 0.2) is 0 Å². The molecule has 1 amide bonds. The number of carbonyl (C=O) groups is 1. The molecule has 29 heavy (non-hydrogen) atoms. The van der Waals surface area contributed by atoms with E-state index in [4.69, 9.17) is 4.74 Å². The maximum atomic E-state index is 13.3. The first-order chi connectivity index (χ1) is 13.9. The predicted octanol–water partition coefficient (Wildman–Crippen LogP) is 3.65. The highest BCUT2D eigenvalue weighted by molar-refractivity contribution is 7.92. The minimum Gasteiger partial charge on any atom is -0.494 e. The van der Waals surface area contributed by atoms with Crippen molar-refractivity contribution < 1.29 is 17.9 Å². The van der Waals surface area contributed by atoms with Crippen LogP contribution in [0.3, 0.4) is 0 Å². The van der Waals surface area contributed by atoms with E-state index in [2.05, 4.69) is 5.32 Å². The van der Waals surface area contributed by atoms with Crippen LogP contribution in [0.15, 0.2) is 53.4 Å². The third kappa shape index (κ3) is 5.29. The fourth-order valence-corrected chi connectivity index (χ4v) is 4.92. The highest BCUT2D eigenvalue weighted by Gasteiger charge is 2.28. The van der Waals surface area contributed by atoms with Gasteiger partial charge in [0, 0.05) is 6.04 Å². The molecule has 2 aromatic carbocycles. The van der Waals surface area contributed by atoms with E-state index in [1.165, 1.54) is 0 Å². The average molecular weight is 417 g/mol. The lowest BCUT2D eigenvalue weighted by Crippen LogP contribution is -2.43. The Morgan fingerprint density at radius 2 is 1.69 bits per heavy atom. The molecule has 0 heterocycles. The Kier molecular flexibility index (Phi) is 6.79. The van der Waals surface area contributed by atoms with Crippen LogP contribution in [0.4, 0.5) is 5.69 Å². The van der Waals surface area contributed by atoms with Crippen LogP contribution >= 0.6 is 0 Å². The molecule has 0 unspecified atom stereocenters. The fraction of sp³-hybridized carbons (Fsp3) is 0.409. The summed E-state index contributed by atoms with van der Waals surface area (Å²) in [6.45, 7) is 4.04. The Hall–Kier alpha value is -2.54. The van der Waals surface area contributed by atoms with E-state index < -0.39 is 10.0 Å². The summed E-state index contributed by atoms with van der Waals surface area (Å²) in [4.78, 5) is 12.8. The number of nitrogens with one attached hydrogen (secondary N) is 1. The highest BCUT2D eigenvalue weighted by atomic mass is 32.2. The van der Waals surface area contributed by atoms with Crippen LogP contribution in [0.25, 0.3) is 0 Å². The van der Waals surface area contributed by atoms with Gasteiger partial charge in [0.1, 0.15) is 12.3 Å². The van der Waals surface area contributed by atoms with Crippen LogP contribution in [0, 0.1) is 6.92 Å². The normalized spacial score (nSPS) is 14.6. The highest BCUT2D eigenvalue weighted by Crippen LogP contribution is 2.26. The monoisotopic (exact) mass is 416 g/mol. The van der Waals surface area contributed by atoms with Gasteiger partial charge < -0.3 is 10.1 Å². The number of nitrogens with zero attached hydrogens (tertiary/aromatic N) is 1. The molecular formula is C22H28N2O4S. The molecular weight excluding hydrogens is 388 g/mol. The van der Waals surface area contributed by atoms with Crippen molar-refractivity contribution in [2.24, 2.45) is 0 Å². The molecule has 0 spiro atoms. The zero-order valence-electron chi connectivity index (χ0n) is 16.9. The first kappa shape index (κ1) is 21.2. The van der Waals surface area contributed by atoms with Crippen LogP contribution in [0.2, 0.25) is 0 Å². The van der Waals surface area contributed by atoms with Gasteiger partial charge in [0.25, 0.3) is 10.0 Å². The minimum atomic E-state index is -3.89. The van der Waals surface area contributed by atoms with Crippen molar-refractivity contribution in [1.29, 1.82) is 0 Å². The molecule has 0 radical (unpaired) electrons. The van der Waals surface area contributed by atoms with Crippen molar-refractivity contribution in [3.63, 3.8) is 0 Å². The standard InChI is InChI=1S/C22H28N2O4S/c1-3-28-20-12-10-19(11-13-20)24(16-22(25)23-18-6-4-5-7-18)29(26,27)21-14-8-17(2)9-15-21/h8-15,18H,3-7,16H2,1-2H3,(H,23,25). The van der Waals surface area contributed by atoms with Crippen LogP contribution < -0.4 is 14.4 Å². The number of hydrogen-bond acceptors (Lipinski definition) is 4. The smallest absolute Gasteiger partial charge is 0.264 e. The Balaban J connectivity index is 1.89. The molecule has 1 aliphatic carbocycles. The summed E-state index contributed by atoms with van der Waals surface area (Å²) in [6, 6.07) is 13.5. The molecule has 3 rings (SSSR count). The molecule has 1 fully saturated rings.